The second kappa shape index (κ2) is 12.4. The fourth-order valence-corrected chi connectivity index (χ4v) is 0.625. The molecule has 0 N–H and O–H groups in total. The number of pyridine rings is 2. The van der Waals surface area contributed by atoms with E-state index < -0.39 is 10.4 Å². The zero-order valence-corrected chi connectivity index (χ0v) is 11.3. The summed E-state index contributed by atoms with van der Waals surface area (Å²) in [5.41, 5.74) is 0. The van der Waals surface area contributed by atoms with Crippen molar-refractivity contribution in [3.05, 3.63) is 61.2 Å². The number of aromatic nitrogens is 2. The molecular formula is C10H10AgN2O4S. The molecule has 0 atom stereocenters. The maximum atomic E-state index is 8.52. The molecule has 0 aromatic carbocycles. The Balaban J connectivity index is 0. The van der Waals surface area contributed by atoms with Gasteiger partial charge >= 0.3 is 22.4 Å². The maximum absolute atomic E-state index is 8.52. The Morgan fingerprint density at radius 2 is 0.889 bits per heavy atom. The second-order valence-electron chi connectivity index (χ2n) is 2.46. The van der Waals surface area contributed by atoms with Crippen LogP contribution in [0, 0.1) is 0 Å². The van der Waals surface area contributed by atoms with E-state index in [0.717, 1.165) is 0 Å². The first kappa shape index (κ1) is 19.3. The van der Waals surface area contributed by atoms with E-state index in [1.165, 1.54) is 0 Å². The Bertz CT molecular complexity index is 375. The van der Waals surface area contributed by atoms with Crippen molar-refractivity contribution < 1.29 is 39.9 Å². The van der Waals surface area contributed by atoms with Gasteiger partial charge in [-0.2, -0.15) is 0 Å². The van der Waals surface area contributed by atoms with Crippen molar-refractivity contribution in [3.8, 4) is 0 Å². The van der Waals surface area contributed by atoms with Gasteiger partial charge in [-0.3, -0.25) is 18.4 Å². The summed E-state index contributed by atoms with van der Waals surface area (Å²) in [7, 11) is -5.17. The van der Waals surface area contributed by atoms with Crippen LogP contribution in [0.15, 0.2) is 61.2 Å². The van der Waals surface area contributed by atoms with Crippen LogP contribution < -0.4 is 0 Å². The van der Waals surface area contributed by atoms with Crippen molar-refractivity contribution in [1.82, 2.24) is 9.97 Å². The summed E-state index contributed by atoms with van der Waals surface area (Å²) in [6.07, 6.45) is 7.00. The van der Waals surface area contributed by atoms with E-state index in [-0.39, 0.29) is 22.4 Å². The Morgan fingerprint density at radius 3 is 0.944 bits per heavy atom. The van der Waals surface area contributed by atoms with Gasteiger partial charge in [-0.25, -0.2) is 0 Å². The van der Waals surface area contributed by atoms with Gasteiger partial charge in [-0.15, -0.1) is 0 Å². The summed E-state index contributed by atoms with van der Waals surface area (Å²) < 4.78 is 34.1. The van der Waals surface area contributed by atoms with Crippen LogP contribution in [-0.2, 0) is 32.8 Å². The Kier molecular flexibility index (Phi) is 13.2. The number of hydrogen-bond acceptors (Lipinski definition) is 6. The predicted octanol–water partition coefficient (Wildman–Crippen LogP) is 0.823. The molecule has 0 saturated carbocycles. The van der Waals surface area contributed by atoms with Crippen molar-refractivity contribution >= 4 is 10.4 Å². The molecule has 2 aromatic rings. The van der Waals surface area contributed by atoms with Crippen LogP contribution in [0.2, 0.25) is 0 Å². The number of rotatable bonds is 0. The molecule has 0 fully saturated rings. The van der Waals surface area contributed by atoms with Gasteiger partial charge in [-0.05, 0) is 24.3 Å². The van der Waals surface area contributed by atoms with E-state index in [2.05, 4.69) is 9.97 Å². The van der Waals surface area contributed by atoms with Crippen molar-refractivity contribution in [2.24, 2.45) is 0 Å². The van der Waals surface area contributed by atoms with Gasteiger partial charge in [0.25, 0.3) is 0 Å². The van der Waals surface area contributed by atoms with Crippen molar-refractivity contribution in [2.75, 3.05) is 0 Å². The first-order valence-electron chi connectivity index (χ1n) is 4.37. The van der Waals surface area contributed by atoms with E-state index in [4.69, 9.17) is 17.5 Å². The van der Waals surface area contributed by atoms with Crippen LogP contribution in [0.3, 0.4) is 0 Å². The predicted molar refractivity (Wildman–Crippen MR) is 58.9 cm³/mol. The van der Waals surface area contributed by atoms with Crippen LogP contribution in [0.4, 0.5) is 0 Å². The minimum absolute atomic E-state index is 0. The largest absolute Gasteiger partial charge is 2.00 e. The van der Waals surface area contributed by atoms with E-state index in [0.29, 0.717) is 0 Å². The molecule has 8 heteroatoms. The fourth-order valence-electron chi connectivity index (χ4n) is 0.625. The molecule has 2 aromatic heterocycles. The maximum Gasteiger partial charge on any atom is 2.00 e. The van der Waals surface area contributed by atoms with Crippen LogP contribution in [-0.4, -0.2) is 27.5 Å². The number of hydrogen-bond donors (Lipinski definition) is 0. The van der Waals surface area contributed by atoms with Crippen molar-refractivity contribution in [3.63, 3.8) is 0 Å². The summed E-state index contributed by atoms with van der Waals surface area (Å²) >= 11 is 0. The van der Waals surface area contributed by atoms with Gasteiger partial charge in [-0.1, -0.05) is 12.1 Å². The molecule has 0 bridgehead atoms. The molecule has 0 aliphatic heterocycles. The quantitative estimate of drug-likeness (QED) is 0.390. The van der Waals surface area contributed by atoms with Crippen LogP contribution >= 0.6 is 0 Å². The van der Waals surface area contributed by atoms with Gasteiger partial charge in [0.1, 0.15) is 0 Å². The van der Waals surface area contributed by atoms with Crippen LogP contribution in [0.1, 0.15) is 0 Å². The molecule has 0 aliphatic rings. The summed E-state index contributed by atoms with van der Waals surface area (Å²) in [5, 5.41) is 0. The first-order chi connectivity index (χ1) is 8.00. The smallest absolute Gasteiger partial charge is 0.759 e. The molecular weight excluding hydrogens is 352 g/mol. The standard InChI is InChI=1S/2C5H5N.Ag.H2O4S/c2*1-2-4-6-5-3-1;;1-5(2,3)4/h2*1-5H;;(H2,1,2,3,4)/q;;+2;/p-2. The zero-order chi connectivity index (χ0) is 13.0. The zero-order valence-electron chi connectivity index (χ0n) is 9.01. The molecule has 6 nitrogen and oxygen atoms in total. The van der Waals surface area contributed by atoms with Gasteiger partial charge in [0.2, 0.25) is 0 Å². The average molecular weight is 362 g/mol. The van der Waals surface area contributed by atoms with E-state index in [1.807, 2.05) is 36.4 Å². The SMILES string of the molecule is O=S(=O)([O-])[O-].[Ag+2].c1ccncc1.c1ccncc1. The Labute approximate surface area is 121 Å². The molecule has 0 spiro atoms. The molecule has 0 saturated heterocycles. The van der Waals surface area contributed by atoms with Gasteiger partial charge < -0.3 is 9.11 Å². The molecule has 101 valence electrons. The third-order valence-electron chi connectivity index (χ3n) is 1.13. The van der Waals surface area contributed by atoms with Crippen LogP contribution in [0.5, 0.6) is 0 Å². The second-order valence-corrected chi connectivity index (χ2v) is 3.27. The average Bonchev–Trinajstić information content (AvgIpc) is 2.32. The summed E-state index contributed by atoms with van der Waals surface area (Å²) in [5.74, 6) is 0. The third kappa shape index (κ3) is 24.2. The molecule has 2 rings (SSSR count). The Hall–Kier alpha value is -1.09. The monoisotopic (exact) mass is 361 g/mol. The molecule has 0 unspecified atom stereocenters. The molecule has 2 heterocycles. The van der Waals surface area contributed by atoms with Crippen LogP contribution in [0.25, 0.3) is 0 Å². The van der Waals surface area contributed by atoms with Gasteiger partial charge in [0.05, 0.1) is 0 Å². The van der Waals surface area contributed by atoms with E-state index in [9.17, 15) is 0 Å². The number of nitrogens with zero attached hydrogens (tertiary/aromatic N) is 2. The minimum atomic E-state index is -5.17. The molecule has 0 amide bonds. The molecule has 18 heavy (non-hydrogen) atoms. The van der Waals surface area contributed by atoms with Crippen molar-refractivity contribution in [1.29, 1.82) is 0 Å². The minimum Gasteiger partial charge on any atom is -0.759 e. The van der Waals surface area contributed by atoms with Gasteiger partial charge in [0.15, 0.2) is 0 Å². The summed E-state index contributed by atoms with van der Waals surface area (Å²) in [6.45, 7) is 0. The fraction of sp³-hybridized carbons (Fsp3) is 0. The molecule has 0 aliphatic carbocycles. The topological polar surface area (TPSA) is 106 Å². The summed E-state index contributed by atoms with van der Waals surface area (Å²) in [6, 6.07) is 11.4. The van der Waals surface area contributed by atoms with Gasteiger partial charge in [0, 0.05) is 35.2 Å². The van der Waals surface area contributed by atoms with E-state index >= 15 is 0 Å². The normalized spacial score (nSPS) is 8.56. The summed E-state index contributed by atoms with van der Waals surface area (Å²) in [4.78, 5) is 7.57. The third-order valence-corrected chi connectivity index (χ3v) is 1.13. The first-order valence-corrected chi connectivity index (χ1v) is 5.70. The van der Waals surface area contributed by atoms with E-state index in [1.54, 1.807) is 24.8 Å². The van der Waals surface area contributed by atoms with Crippen molar-refractivity contribution in [2.45, 2.75) is 0 Å². The molecule has 1 radical (unpaired) electrons. The Morgan fingerprint density at radius 1 is 0.667 bits per heavy atom.